The summed E-state index contributed by atoms with van der Waals surface area (Å²) in [5, 5.41) is 4.47. The number of hydrogen-bond acceptors (Lipinski definition) is 3. The second-order valence-electron chi connectivity index (χ2n) is 7.39. The van der Waals surface area contributed by atoms with Gasteiger partial charge in [-0.1, -0.05) is 29.3 Å². The lowest BCUT2D eigenvalue weighted by Gasteiger charge is -2.34. The minimum absolute atomic E-state index is 0.157. The summed E-state index contributed by atoms with van der Waals surface area (Å²) in [4.78, 5) is 17.2. The molecular formula is C19H27Cl2N3O. The highest BCUT2D eigenvalue weighted by atomic mass is 35.5. The average molecular weight is 384 g/mol. The van der Waals surface area contributed by atoms with Crippen LogP contribution >= 0.6 is 23.2 Å². The monoisotopic (exact) mass is 383 g/mol. The number of hydrogen-bond donors (Lipinski definition) is 1. The van der Waals surface area contributed by atoms with Crippen molar-refractivity contribution in [1.29, 1.82) is 0 Å². The van der Waals surface area contributed by atoms with Crippen molar-refractivity contribution in [3.63, 3.8) is 0 Å². The number of likely N-dealkylation sites (tertiary alicyclic amines) is 2. The highest BCUT2D eigenvalue weighted by Crippen LogP contribution is 2.25. The SMILES string of the molecule is CN1CCC(NC(=O)C2CCN(Cc3ccc(Cl)c(Cl)c3)CC2)CC1. The average Bonchev–Trinajstić information content (AvgIpc) is 2.61. The van der Waals surface area contributed by atoms with Crippen LogP contribution in [0.3, 0.4) is 0 Å². The van der Waals surface area contributed by atoms with Gasteiger partial charge < -0.3 is 10.2 Å². The number of rotatable bonds is 4. The third kappa shape index (κ3) is 5.33. The predicted octanol–water partition coefficient (Wildman–Crippen LogP) is 3.42. The Hall–Kier alpha value is -0.810. The summed E-state index contributed by atoms with van der Waals surface area (Å²) >= 11 is 12.1. The Bertz CT molecular complexity index is 594. The molecule has 3 rings (SSSR count). The van der Waals surface area contributed by atoms with Crippen molar-refractivity contribution in [2.24, 2.45) is 5.92 Å². The first kappa shape index (κ1) is 19.0. The lowest BCUT2D eigenvalue weighted by molar-refractivity contribution is -0.127. The Morgan fingerprint density at radius 3 is 2.40 bits per heavy atom. The van der Waals surface area contributed by atoms with Crippen LogP contribution in [0, 0.1) is 5.92 Å². The van der Waals surface area contributed by atoms with E-state index in [1.165, 1.54) is 5.56 Å². The van der Waals surface area contributed by atoms with E-state index in [9.17, 15) is 4.79 Å². The zero-order valence-corrected chi connectivity index (χ0v) is 16.3. The molecule has 138 valence electrons. The summed E-state index contributed by atoms with van der Waals surface area (Å²) in [6, 6.07) is 6.16. The van der Waals surface area contributed by atoms with Crippen LogP contribution in [0.1, 0.15) is 31.2 Å². The van der Waals surface area contributed by atoms with E-state index in [-0.39, 0.29) is 11.8 Å². The largest absolute Gasteiger partial charge is 0.353 e. The van der Waals surface area contributed by atoms with Gasteiger partial charge >= 0.3 is 0 Å². The number of nitrogens with one attached hydrogen (secondary N) is 1. The number of carbonyl (C=O) groups excluding carboxylic acids is 1. The van der Waals surface area contributed by atoms with E-state index in [2.05, 4.69) is 22.2 Å². The van der Waals surface area contributed by atoms with E-state index in [1.807, 2.05) is 18.2 Å². The first-order chi connectivity index (χ1) is 12.0. The van der Waals surface area contributed by atoms with Gasteiger partial charge in [0.05, 0.1) is 10.0 Å². The summed E-state index contributed by atoms with van der Waals surface area (Å²) in [6.07, 6.45) is 4.00. The molecule has 2 heterocycles. The molecule has 6 heteroatoms. The molecule has 1 aromatic rings. The van der Waals surface area contributed by atoms with Crippen LogP contribution in [-0.2, 0) is 11.3 Å². The van der Waals surface area contributed by atoms with Crippen molar-refractivity contribution in [2.75, 3.05) is 33.2 Å². The minimum atomic E-state index is 0.157. The highest BCUT2D eigenvalue weighted by molar-refractivity contribution is 6.42. The van der Waals surface area contributed by atoms with Gasteiger partial charge in [0.1, 0.15) is 0 Å². The van der Waals surface area contributed by atoms with Crippen molar-refractivity contribution in [2.45, 2.75) is 38.3 Å². The molecule has 1 amide bonds. The van der Waals surface area contributed by atoms with E-state index in [0.29, 0.717) is 16.1 Å². The standard InChI is InChI=1S/C19H27Cl2N3O/c1-23-8-6-16(7-9-23)22-19(25)15-4-10-24(11-5-15)13-14-2-3-17(20)18(21)12-14/h2-3,12,15-16H,4-11,13H2,1H3,(H,22,25). The number of piperidine rings is 2. The van der Waals surface area contributed by atoms with Crippen LogP contribution in [0.5, 0.6) is 0 Å². The van der Waals surface area contributed by atoms with Gasteiger partial charge in [-0.25, -0.2) is 0 Å². The lowest BCUT2D eigenvalue weighted by atomic mass is 9.94. The molecular weight excluding hydrogens is 357 g/mol. The number of halogens is 2. The molecule has 0 spiro atoms. The van der Waals surface area contributed by atoms with Crippen LogP contribution < -0.4 is 5.32 Å². The molecule has 0 aromatic heterocycles. The fourth-order valence-electron chi connectivity index (χ4n) is 3.72. The Labute approximate surface area is 160 Å². The second-order valence-corrected chi connectivity index (χ2v) is 8.20. The van der Waals surface area contributed by atoms with Crippen LogP contribution in [0.15, 0.2) is 18.2 Å². The summed E-state index contributed by atoms with van der Waals surface area (Å²) < 4.78 is 0. The smallest absolute Gasteiger partial charge is 0.223 e. The Morgan fingerprint density at radius 1 is 1.08 bits per heavy atom. The molecule has 0 atom stereocenters. The summed E-state index contributed by atoms with van der Waals surface area (Å²) in [5.74, 6) is 0.411. The maximum absolute atomic E-state index is 12.5. The summed E-state index contributed by atoms with van der Waals surface area (Å²) in [6.45, 7) is 4.91. The molecule has 2 aliphatic rings. The normalized spacial score (nSPS) is 21.4. The van der Waals surface area contributed by atoms with Crippen molar-refractivity contribution in [1.82, 2.24) is 15.1 Å². The van der Waals surface area contributed by atoms with Gasteiger partial charge in [0.25, 0.3) is 0 Å². The zero-order chi connectivity index (χ0) is 17.8. The molecule has 2 aliphatic heterocycles. The second kappa shape index (κ2) is 8.72. The van der Waals surface area contributed by atoms with Gasteiger partial charge in [-0.15, -0.1) is 0 Å². The minimum Gasteiger partial charge on any atom is -0.353 e. The van der Waals surface area contributed by atoms with Crippen molar-refractivity contribution >= 4 is 29.1 Å². The first-order valence-electron chi connectivity index (χ1n) is 9.16. The molecule has 0 unspecified atom stereocenters. The summed E-state index contributed by atoms with van der Waals surface area (Å²) in [5.41, 5.74) is 1.17. The molecule has 2 fully saturated rings. The fourth-order valence-corrected chi connectivity index (χ4v) is 4.04. The van der Waals surface area contributed by atoms with Crippen molar-refractivity contribution in [3.8, 4) is 0 Å². The fraction of sp³-hybridized carbons (Fsp3) is 0.632. The Morgan fingerprint density at radius 2 is 1.76 bits per heavy atom. The number of amides is 1. The van der Waals surface area contributed by atoms with E-state index < -0.39 is 0 Å². The van der Waals surface area contributed by atoms with E-state index >= 15 is 0 Å². The third-order valence-corrected chi connectivity index (χ3v) is 6.15. The maximum Gasteiger partial charge on any atom is 0.223 e. The molecule has 0 radical (unpaired) electrons. The Balaban J connectivity index is 1.43. The van der Waals surface area contributed by atoms with Crippen LogP contribution in [-0.4, -0.2) is 55.0 Å². The van der Waals surface area contributed by atoms with Crippen molar-refractivity contribution < 1.29 is 4.79 Å². The topological polar surface area (TPSA) is 35.6 Å². The quantitative estimate of drug-likeness (QED) is 0.864. The number of benzene rings is 1. The third-order valence-electron chi connectivity index (χ3n) is 5.41. The highest BCUT2D eigenvalue weighted by Gasteiger charge is 2.27. The van der Waals surface area contributed by atoms with Gasteiger partial charge in [-0.2, -0.15) is 0 Å². The summed E-state index contributed by atoms with van der Waals surface area (Å²) in [7, 11) is 2.14. The van der Waals surface area contributed by atoms with Crippen LogP contribution in [0.4, 0.5) is 0 Å². The van der Waals surface area contributed by atoms with E-state index in [4.69, 9.17) is 23.2 Å². The predicted molar refractivity (Wildman–Crippen MR) is 103 cm³/mol. The number of carbonyl (C=O) groups is 1. The molecule has 0 aliphatic carbocycles. The molecule has 25 heavy (non-hydrogen) atoms. The van der Waals surface area contributed by atoms with Crippen LogP contribution in [0.2, 0.25) is 10.0 Å². The van der Waals surface area contributed by atoms with Gasteiger partial charge in [0.15, 0.2) is 0 Å². The van der Waals surface area contributed by atoms with E-state index in [0.717, 1.165) is 58.4 Å². The van der Waals surface area contributed by atoms with Crippen molar-refractivity contribution in [3.05, 3.63) is 33.8 Å². The lowest BCUT2D eigenvalue weighted by Crippen LogP contribution is -2.47. The molecule has 0 bridgehead atoms. The molecule has 1 N–H and O–H groups in total. The first-order valence-corrected chi connectivity index (χ1v) is 9.92. The molecule has 1 aromatic carbocycles. The maximum atomic E-state index is 12.5. The van der Waals surface area contributed by atoms with E-state index in [1.54, 1.807) is 0 Å². The van der Waals surface area contributed by atoms with Gasteiger partial charge in [0.2, 0.25) is 5.91 Å². The van der Waals surface area contributed by atoms with Gasteiger partial charge in [-0.05, 0) is 76.6 Å². The number of nitrogens with zero attached hydrogens (tertiary/aromatic N) is 2. The Kier molecular flexibility index (Phi) is 6.61. The van der Waals surface area contributed by atoms with Gasteiger partial charge in [0, 0.05) is 18.5 Å². The molecule has 0 saturated carbocycles. The zero-order valence-electron chi connectivity index (χ0n) is 14.8. The molecule has 4 nitrogen and oxygen atoms in total. The van der Waals surface area contributed by atoms with Gasteiger partial charge in [-0.3, -0.25) is 9.69 Å². The van der Waals surface area contributed by atoms with Crippen LogP contribution in [0.25, 0.3) is 0 Å². The molecule has 2 saturated heterocycles.